The van der Waals surface area contributed by atoms with Gasteiger partial charge < -0.3 is 9.30 Å². The number of methoxy groups -OCH3 is 1. The third-order valence-electron chi connectivity index (χ3n) is 5.61. The van der Waals surface area contributed by atoms with Crippen molar-refractivity contribution in [2.45, 2.75) is 13.1 Å². The molecule has 0 radical (unpaired) electrons. The maximum absolute atomic E-state index is 13.9. The molecular weight excluding hydrogens is 435 g/mol. The van der Waals surface area contributed by atoms with E-state index in [1.807, 2.05) is 0 Å². The topological polar surface area (TPSA) is 77.2 Å². The summed E-state index contributed by atoms with van der Waals surface area (Å²) in [5.41, 5.74) is -0.0866. The van der Waals surface area contributed by atoms with Crippen molar-refractivity contribution in [3.63, 3.8) is 0 Å². The molecule has 3 heterocycles. The van der Waals surface area contributed by atoms with Gasteiger partial charge in [0.2, 0.25) is 0 Å². The van der Waals surface area contributed by atoms with Gasteiger partial charge in [0.1, 0.15) is 28.3 Å². The summed E-state index contributed by atoms with van der Waals surface area (Å²) >= 11 is 0. The zero-order valence-corrected chi connectivity index (χ0v) is 17.9. The first kappa shape index (κ1) is 20.8. The molecule has 0 fully saturated rings. The Hall–Kier alpha value is -4.08. The number of halogens is 3. The molecule has 0 amide bonds. The quantitative estimate of drug-likeness (QED) is 0.434. The lowest BCUT2D eigenvalue weighted by molar-refractivity contribution is -0.140. The lowest BCUT2D eigenvalue weighted by atomic mass is 10.1. The van der Waals surface area contributed by atoms with E-state index in [2.05, 4.69) is 15.1 Å². The molecule has 10 heteroatoms. The number of benzene rings is 2. The number of aromatic nitrogens is 5. The number of ether oxygens (including phenoxy) is 1. The molecule has 0 unspecified atom stereocenters. The number of imidazole rings is 1. The van der Waals surface area contributed by atoms with Gasteiger partial charge in [-0.1, -0.05) is 36.4 Å². The maximum atomic E-state index is 13.9. The van der Waals surface area contributed by atoms with Gasteiger partial charge in [0.25, 0.3) is 5.56 Å². The Bertz CT molecular complexity index is 1580. The van der Waals surface area contributed by atoms with Crippen molar-refractivity contribution >= 4 is 16.7 Å². The largest absolute Gasteiger partial charge is 0.494 e. The number of H-pyrrole nitrogens is 1. The fourth-order valence-corrected chi connectivity index (χ4v) is 4.14. The highest BCUT2D eigenvalue weighted by molar-refractivity contribution is 5.87. The van der Waals surface area contributed by atoms with Crippen LogP contribution in [0.3, 0.4) is 0 Å². The number of hydrogen-bond donors (Lipinski definition) is 1. The lowest BCUT2D eigenvalue weighted by Gasteiger charge is -2.08. The molecule has 0 aliphatic carbocycles. The van der Waals surface area contributed by atoms with Crippen LogP contribution in [0, 0.1) is 6.92 Å². The van der Waals surface area contributed by atoms with Crippen LogP contribution in [0.4, 0.5) is 13.2 Å². The molecule has 0 saturated heterocycles. The van der Waals surface area contributed by atoms with Gasteiger partial charge in [0, 0.05) is 7.05 Å². The Labute approximate surface area is 185 Å². The van der Waals surface area contributed by atoms with Crippen molar-refractivity contribution < 1.29 is 17.9 Å². The van der Waals surface area contributed by atoms with Crippen LogP contribution >= 0.6 is 0 Å². The van der Waals surface area contributed by atoms with Gasteiger partial charge in [-0.05, 0) is 24.6 Å². The monoisotopic (exact) mass is 453 g/mol. The van der Waals surface area contributed by atoms with Crippen molar-refractivity contribution in [1.82, 2.24) is 24.1 Å². The molecule has 7 nitrogen and oxygen atoms in total. The number of aromatic amines is 1. The number of para-hydroxylation sites is 1. The molecular formula is C23H18F3N5O2. The summed E-state index contributed by atoms with van der Waals surface area (Å²) in [6.45, 7) is 1.59. The van der Waals surface area contributed by atoms with Crippen molar-refractivity contribution in [2.24, 2.45) is 7.05 Å². The van der Waals surface area contributed by atoms with E-state index in [1.165, 1.54) is 7.11 Å². The predicted octanol–water partition coefficient (Wildman–Crippen LogP) is 4.58. The molecule has 5 rings (SSSR count). The SMILES string of the molecule is COc1cccc2nc(-c3c(C)nc4c(-c5ccccc5)c(C(F)(F)F)[nH]n4c3=O)n(C)c12. The number of rotatable bonds is 3. The van der Waals surface area contributed by atoms with E-state index in [9.17, 15) is 18.0 Å². The minimum absolute atomic E-state index is 0.0999. The predicted molar refractivity (Wildman–Crippen MR) is 117 cm³/mol. The third-order valence-corrected chi connectivity index (χ3v) is 5.61. The van der Waals surface area contributed by atoms with E-state index < -0.39 is 17.4 Å². The lowest BCUT2D eigenvalue weighted by Crippen LogP contribution is -2.21. The van der Waals surface area contributed by atoms with E-state index in [4.69, 9.17) is 4.74 Å². The second kappa shape index (κ2) is 7.22. The third kappa shape index (κ3) is 3.09. The molecule has 168 valence electrons. The summed E-state index contributed by atoms with van der Waals surface area (Å²) in [5.74, 6) is 0.842. The van der Waals surface area contributed by atoms with Gasteiger partial charge in [0.15, 0.2) is 5.65 Å². The Morgan fingerprint density at radius 1 is 1.00 bits per heavy atom. The number of nitrogens with one attached hydrogen (secondary N) is 1. The van der Waals surface area contributed by atoms with E-state index in [1.54, 1.807) is 67.1 Å². The van der Waals surface area contributed by atoms with E-state index in [0.29, 0.717) is 22.3 Å². The summed E-state index contributed by atoms with van der Waals surface area (Å²) in [4.78, 5) is 22.5. The van der Waals surface area contributed by atoms with Crippen molar-refractivity contribution in [3.05, 3.63) is 70.3 Å². The van der Waals surface area contributed by atoms with Gasteiger partial charge in [-0.15, -0.1) is 0 Å². The minimum Gasteiger partial charge on any atom is -0.494 e. The number of nitrogens with zero attached hydrogens (tertiary/aromatic N) is 4. The number of alkyl halides is 3. The van der Waals surface area contributed by atoms with Gasteiger partial charge in [-0.3, -0.25) is 9.89 Å². The highest BCUT2D eigenvalue weighted by atomic mass is 19.4. The first-order chi connectivity index (χ1) is 15.7. The van der Waals surface area contributed by atoms with Gasteiger partial charge >= 0.3 is 6.18 Å². The van der Waals surface area contributed by atoms with Crippen molar-refractivity contribution in [1.29, 1.82) is 0 Å². The number of fused-ring (bicyclic) bond motifs is 2. The molecule has 1 N–H and O–H groups in total. The normalized spacial score (nSPS) is 12.1. The second-order valence-electron chi connectivity index (χ2n) is 7.58. The average Bonchev–Trinajstić information content (AvgIpc) is 3.33. The van der Waals surface area contributed by atoms with E-state index in [0.717, 1.165) is 4.52 Å². The molecule has 0 aliphatic rings. The first-order valence-corrected chi connectivity index (χ1v) is 10.00. The Morgan fingerprint density at radius 2 is 1.73 bits per heavy atom. The molecule has 0 bridgehead atoms. The Kier molecular flexibility index (Phi) is 4.55. The smallest absolute Gasteiger partial charge is 0.433 e. The van der Waals surface area contributed by atoms with Crippen LogP contribution in [0.2, 0.25) is 0 Å². The molecule has 0 aliphatic heterocycles. The van der Waals surface area contributed by atoms with Gasteiger partial charge in [-0.2, -0.15) is 17.7 Å². The van der Waals surface area contributed by atoms with Crippen LogP contribution in [-0.4, -0.2) is 31.3 Å². The van der Waals surface area contributed by atoms with Gasteiger partial charge in [-0.25, -0.2) is 9.97 Å². The van der Waals surface area contributed by atoms with Crippen LogP contribution in [-0.2, 0) is 13.2 Å². The summed E-state index contributed by atoms with van der Waals surface area (Å²) in [6.07, 6.45) is -4.72. The van der Waals surface area contributed by atoms with E-state index >= 15 is 0 Å². The van der Waals surface area contributed by atoms with Crippen LogP contribution in [0.25, 0.3) is 39.2 Å². The van der Waals surface area contributed by atoms with Crippen LogP contribution in [0.1, 0.15) is 11.4 Å². The van der Waals surface area contributed by atoms with E-state index in [-0.39, 0.29) is 28.3 Å². The summed E-state index contributed by atoms with van der Waals surface area (Å²) < 4.78 is 49.6. The number of hydrogen-bond acceptors (Lipinski definition) is 4. The summed E-state index contributed by atoms with van der Waals surface area (Å²) in [7, 11) is 3.24. The van der Waals surface area contributed by atoms with Gasteiger partial charge in [0.05, 0.1) is 23.9 Å². The molecule has 0 saturated carbocycles. The average molecular weight is 453 g/mol. The standard InChI is InChI=1S/C23H18F3N5O2/c1-12-16(20-28-14-10-7-11-15(33-3)18(14)30(20)2)22(32)31-21(27-12)17(13-8-5-4-6-9-13)19(29-31)23(24,25)26/h4-11,29H,1-3H3. The highest BCUT2D eigenvalue weighted by Gasteiger charge is 2.38. The Morgan fingerprint density at radius 3 is 2.39 bits per heavy atom. The van der Waals surface area contributed by atoms with Crippen molar-refractivity contribution in [3.8, 4) is 28.3 Å². The van der Waals surface area contributed by atoms with Crippen molar-refractivity contribution in [2.75, 3.05) is 7.11 Å². The second-order valence-corrected chi connectivity index (χ2v) is 7.58. The molecule has 33 heavy (non-hydrogen) atoms. The first-order valence-electron chi connectivity index (χ1n) is 10.00. The maximum Gasteiger partial charge on any atom is 0.433 e. The highest BCUT2D eigenvalue weighted by Crippen LogP contribution is 2.38. The molecule has 0 atom stereocenters. The molecule has 2 aromatic carbocycles. The zero-order chi connectivity index (χ0) is 23.5. The minimum atomic E-state index is -4.72. The fraction of sp³-hybridized carbons (Fsp3) is 0.174. The van der Waals surface area contributed by atoms with Crippen LogP contribution in [0.5, 0.6) is 5.75 Å². The molecule has 0 spiro atoms. The molecule has 3 aromatic heterocycles. The van der Waals surface area contributed by atoms with Crippen LogP contribution in [0.15, 0.2) is 53.3 Å². The summed E-state index contributed by atoms with van der Waals surface area (Å²) in [5, 5.41) is 2.24. The zero-order valence-electron chi connectivity index (χ0n) is 17.9. The fourth-order valence-electron chi connectivity index (χ4n) is 4.14. The Balaban J connectivity index is 1.86. The summed E-state index contributed by atoms with van der Waals surface area (Å²) in [6, 6.07) is 13.4. The number of aryl methyl sites for hydroxylation is 2. The van der Waals surface area contributed by atoms with Crippen LogP contribution < -0.4 is 10.3 Å². The molecule has 5 aromatic rings.